The van der Waals surface area contributed by atoms with Gasteiger partial charge in [0.15, 0.2) is 9.84 Å². The third-order valence-corrected chi connectivity index (χ3v) is 5.70. The highest BCUT2D eigenvalue weighted by Gasteiger charge is 2.14. The Balaban J connectivity index is 1.74. The van der Waals surface area contributed by atoms with E-state index in [1.807, 2.05) is 13.0 Å². The van der Waals surface area contributed by atoms with E-state index in [4.69, 9.17) is 11.6 Å². The maximum Gasteiger partial charge on any atom is 0.255 e. The first kappa shape index (κ1) is 21.5. The number of aryl methyl sites for hydroxylation is 1. The molecule has 0 heterocycles. The molecule has 0 saturated heterocycles. The fraction of sp³-hybridized carbons (Fsp3) is 0.0909. The molecule has 2 N–H and O–H groups in total. The maximum atomic E-state index is 12.5. The molecule has 2 amide bonds. The second kappa shape index (κ2) is 8.69. The maximum absolute atomic E-state index is 12.5. The van der Waals surface area contributed by atoms with Crippen molar-refractivity contribution in [3.05, 3.63) is 88.4 Å². The van der Waals surface area contributed by atoms with E-state index >= 15 is 0 Å². The lowest BCUT2D eigenvalue weighted by Gasteiger charge is -2.11. The van der Waals surface area contributed by atoms with Gasteiger partial charge in [-0.15, -0.1) is 0 Å². The highest BCUT2D eigenvalue weighted by atomic mass is 35.5. The van der Waals surface area contributed by atoms with Crippen LogP contribution in [0, 0.1) is 6.92 Å². The van der Waals surface area contributed by atoms with Crippen molar-refractivity contribution >= 4 is 44.6 Å². The first-order chi connectivity index (χ1) is 14.1. The summed E-state index contributed by atoms with van der Waals surface area (Å²) in [4.78, 5) is 24.9. The molecule has 154 valence electrons. The molecule has 0 bridgehead atoms. The Morgan fingerprint density at radius 1 is 0.833 bits per heavy atom. The lowest BCUT2D eigenvalue weighted by atomic mass is 10.1. The van der Waals surface area contributed by atoms with Gasteiger partial charge in [0.2, 0.25) is 0 Å². The van der Waals surface area contributed by atoms with Crippen LogP contribution in [-0.2, 0) is 9.84 Å². The number of benzene rings is 3. The van der Waals surface area contributed by atoms with Gasteiger partial charge in [0.1, 0.15) is 0 Å². The molecule has 30 heavy (non-hydrogen) atoms. The Morgan fingerprint density at radius 3 is 2.10 bits per heavy atom. The molecule has 0 aromatic heterocycles. The predicted octanol–water partition coefficient (Wildman–Crippen LogP) is 4.56. The van der Waals surface area contributed by atoms with Crippen molar-refractivity contribution in [2.45, 2.75) is 11.8 Å². The molecule has 0 saturated carbocycles. The number of rotatable bonds is 5. The van der Waals surface area contributed by atoms with E-state index in [-0.39, 0.29) is 21.4 Å². The van der Waals surface area contributed by atoms with Crippen LogP contribution in [0.2, 0.25) is 5.02 Å². The molecule has 0 atom stereocenters. The summed E-state index contributed by atoms with van der Waals surface area (Å²) in [6.45, 7) is 1.90. The number of hydrogen-bond donors (Lipinski definition) is 2. The molecule has 0 aliphatic rings. The van der Waals surface area contributed by atoms with Crippen molar-refractivity contribution in [2.24, 2.45) is 0 Å². The Kier molecular flexibility index (Phi) is 6.24. The van der Waals surface area contributed by atoms with Gasteiger partial charge < -0.3 is 10.6 Å². The van der Waals surface area contributed by atoms with Crippen LogP contribution in [0.4, 0.5) is 11.4 Å². The minimum absolute atomic E-state index is 0.0513. The molecule has 0 radical (unpaired) electrons. The van der Waals surface area contributed by atoms with Crippen LogP contribution in [0.3, 0.4) is 0 Å². The monoisotopic (exact) mass is 442 g/mol. The molecule has 0 spiro atoms. The smallest absolute Gasteiger partial charge is 0.255 e. The van der Waals surface area contributed by atoms with Gasteiger partial charge in [-0.1, -0.05) is 35.4 Å². The van der Waals surface area contributed by atoms with Gasteiger partial charge in [0.05, 0.1) is 15.6 Å². The number of hydrogen-bond acceptors (Lipinski definition) is 4. The lowest BCUT2D eigenvalue weighted by Crippen LogP contribution is -2.14. The summed E-state index contributed by atoms with van der Waals surface area (Å²) >= 11 is 6.26. The van der Waals surface area contributed by atoms with Crippen molar-refractivity contribution in [3.63, 3.8) is 0 Å². The van der Waals surface area contributed by atoms with Crippen LogP contribution < -0.4 is 10.6 Å². The van der Waals surface area contributed by atoms with Crippen LogP contribution in [0.5, 0.6) is 0 Å². The molecule has 3 rings (SSSR count). The van der Waals surface area contributed by atoms with Crippen molar-refractivity contribution < 1.29 is 18.0 Å². The molecular weight excluding hydrogens is 424 g/mol. The van der Waals surface area contributed by atoms with Gasteiger partial charge >= 0.3 is 0 Å². The number of carbonyl (C=O) groups is 2. The summed E-state index contributed by atoms with van der Waals surface area (Å²) in [6, 6.07) is 17.6. The number of amides is 2. The van der Waals surface area contributed by atoms with Crippen LogP contribution >= 0.6 is 11.6 Å². The van der Waals surface area contributed by atoms with E-state index in [0.29, 0.717) is 16.9 Å². The van der Waals surface area contributed by atoms with Crippen LogP contribution in [-0.4, -0.2) is 26.5 Å². The number of sulfone groups is 1. The van der Waals surface area contributed by atoms with Crippen molar-refractivity contribution in [3.8, 4) is 0 Å². The van der Waals surface area contributed by atoms with E-state index in [9.17, 15) is 18.0 Å². The zero-order valence-electron chi connectivity index (χ0n) is 16.3. The van der Waals surface area contributed by atoms with Crippen molar-refractivity contribution in [1.82, 2.24) is 0 Å². The second-order valence-electron chi connectivity index (χ2n) is 6.77. The summed E-state index contributed by atoms with van der Waals surface area (Å²) in [5, 5.41) is 5.63. The van der Waals surface area contributed by atoms with Gasteiger partial charge in [-0.3, -0.25) is 9.59 Å². The molecule has 0 aliphatic heterocycles. The van der Waals surface area contributed by atoms with Gasteiger partial charge in [0, 0.05) is 23.1 Å². The average molecular weight is 443 g/mol. The third kappa shape index (κ3) is 5.25. The Labute approximate surface area is 179 Å². The molecule has 6 nitrogen and oxygen atoms in total. The fourth-order valence-electron chi connectivity index (χ4n) is 2.75. The lowest BCUT2D eigenvalue weighted by molar-refractivity contribution is 0.101. The zero-order valence-corrected chi connectivity index (χ0v) is 17.8. The fourth-order valence-corrected chi connectivity index (χ4v) is 3.64. The van der Waals surface area contributed by atoms with Crippen molar-refractivity contribution in [2.75, 3.05) is 16.9 Å². The van der Waals surface area contributed by atoms with Crippen molar-refractivity contribution in [1.29, 1.82) is 0 Å². The Hall–Kier alpha value is -3.16. The van der Waals surface area contributed by atoms with E-state index in [0.717, 1.165) is 11.8 Å². The topological polar surface area (TPSA) is 92.3 Å². The van der Waals surface area contributed by atoms with E-state index in [1.54, 1.807) is 30.3 Å². The average Bonchev–Trinajstić information content (AvgIpc) is 2.69. The molecule has 8 heteroatoms. The molecule has 3 aromatic carbocycles. The second-order valence-corrected chi connectivity index (χ2v) is 9.20. The quantitative estimate of drug-likeness (QED) is 0.606. The first-order valence-electron chi connectivity index (χ1n) is 8.92. The van der Waals surface area contributed by atoms with Gasteiger partial charge in [0.25, 0.3) is 11.8 Å². The molecular formula is C22H19ClN2O4S. The van der Waals surface area contributed by atoms with Gasteiger partial charge in [-0.2, -0.15) is 0 Å². The minimum atomic E-state index is -3.43. The Bertz CT molecular complexity index is 1240. The number of nitrogens with one attached hydrogen (secondary N) is 2. The number of carbonyl (C=O) groups excluding carboxylic acids is 2. The van der Waals surface area contributed by atoms with E-state index < -0.39 is 15.7 Å². The van der Waals surface area contributed by atoms with Crippen LogP contribution in [0.25, 0.3) is 0 Å². The largest absolute Gasteiger partial charge is 0.322 e. The molecule has 0 aliphatic carbocycles. The highest BCUT2D eigenvalue weighted by Crippen LogP contribution is 2.26. The first-order valence-corrected chi connectivity index (χ1v) is 11.2. The summed E-state index contributed by atoms with van der Waals surface area (Å²) in [6.07, 6.45) is 1.07. The Morgan fingerprint density at radius 2 is 1.47 bits per heavy atom. The summed E-state index contributed by atoms with van der Waals surface area (Å²) < 4.78 is 23.4. The third-order valence-electron chi connectivity index (χ3n) is 4.28. The highest BCUT2D eigenvalue weighted by molar-refractivity contribution is 7.90. The van der Waals surface area contributed by atoms with Gasteiger partial charge in [-0.25, -0.2) is 8.42 Å². The summed E-state index contributed by atoms with van der Waals surface area (Å²) in [5.41, 5.74) is 2.49. The minimum Gasteiger partial charge on any atom is -0.322 e. The summed E-state index contributed by atoms with van der Waals surface area (Å²) in [7, 11) is -3.43. The normalized spacial score (nSPS) is 11.0. The molecule has 3 aromatic rings. The van der Waals surface area contributed by atoms with Crippen LogP contribution in [0.15, 0.2) is 71.6 Å². The standard InChI is InChI=1S/C22H19ClN2O4S/c1-14-5-3-6-15(11-14)21(26)24-17-9-10-20(19(23)13-17)25-22(27)16-7-4-8-18(12-16)30(2,28)29/h3-13H,1-2H3,(H,24,26)(H,25,27). The molecule has 0 fully saturated rings. The number of anilines is 2. The summed E-state index contributed by atoms with van der Waals surface area (Å²) in [5.74, 6) is -0.775. The van der Waals surface area contributed by atoms with Gasteiger partial charge in [-0.05, 0) is 55.5 Å². The predicted molar refractivity (Wildman–Crippen MR) is 118 cm³/mol. The van der Waals surface area contributed by atoms with Crippen LogP contribution in [0.1, 0.15) is 26.3 Å². The number of halogens is 1. The zero-order chi connectivity index (χ0) is 21.9. The molecule has 0 unspecified atom stereocenters. The SMILES string of the molecule is Cc1cccc(C(=O)Nc2ccc(NC(=O)c3cccc(S(C)(=O)=O)c3)c(Cl)c2)c1. The van der Waals surface area contributed by atoms with E-state index in [1.165, 1.54) is 30.3 Å². The van der Waals surface area contributed by atoms with E-state index in [2.05, 4.69) is 10.6 Å².